The number of Topliss-reactive ketones (excluding diaryl/α,β-unsaturated/α-hetero) is 1. The molecule has 1 aromatic rings. The van der Waals surface area contributed by atoms with Crippen LogP contribution in [0.1, 0.15) is 30.6 Å². The van der Waals surface area contributed by atoms with Gasteiger partial charge in [0.05, 0.1) is 0 Å². The van der Waals surface area contributed by atoms with Gasteiger partial charge < -0.3 is 10.6 Å². The molecule has 94 valence electrons. The number of carbonyl (C=O) groups excluding carboxylic acids is 1. The average molecular weight is 234 g/mol. The maximum absolute atomic E-state index is 11.3. The van der Waals surface area contributed by atoms with E-state index >= 15 is 0 Å². The summed E-state index contributed by atoms with van der Waals surface area (Å²) in [5, 5.41) is 6.57. The molecule has 17 heavy (non-hydrogen) atoms. The van der Waals surface area contributed by atoms with Gasteiger partial charge in [-0.3, -0.25) is 4.79 Å². The molecule has 1 unspecified atom stereocenters. The Hall–Kier alpha value is -1.35. The second kappa shape index (κ2) is 7.07. The molecule has 2 N–H and O–H groups in total. The Bertz CT molecular complexity index is 363. The fourth-order valence-electron chi connectivity index (χ4n) is 1.76. The van der Waals surface area contributed by atoms with Crippen molar-refractivity contribution in [3.63, 3.8) is 0 Å². The number of hydrogen-bond acceptors (Lipinski definition) is 3. The lowest BCUT2D eigenvalue weighted by atomic mass is 10.1. The minimum absolute atomic E-state index is 0.107. The van der Waals surface area contributed by atoms with E-state index < -0.39 is 0 Å². The molecule has 0 fully saturated rings. The van der Waals surface area contributed by atoms with E-state index in [1.165, 1.54) is 0 Å². The summed E-state index contributed by atoms with van der Waals surface area (Å²) < 4.78 is 0. The second-order valence-electron chi connectivity index (χ2n) is 4.35. The van der Waals surface area contributed by atoms with Crippen molar-refractivity contribution >= 4 is 11.5 Å². The van der Waals surface area contributed by atoms with Crippen LogP contribution in [-0.4, -0.2) is 25.9 Å². The van der Waals surface area contributed by atoms with Crippen LogP contribution in [0.4, 0.5) is 5.69 Å². The molecule has 1 atom stereocenters. The van der Waals surface area contributed by atoms with Gasteiger partial charge >= 0.3 is 0 Å². The van der Waals surface area contributed by atoms with Crippen LogP contribution in [0, 0.1) is 5.92 Å². The third-order valence-electron chi connectivity index (χ3n) is 2.93. The van der Waals surface area contributed by atoms with Gasteiger partial charge in [0.1, 0.15) is 0 Å². The summed E-state index contributed by atoms with van der Waals surface area (Å²) in [6.07, 6.45) is 1.14. The maximum atomic E-state index is 11.3. The molecule has 0 heterocycles. The molecular weight excluding hydrogens is 212 g/mol. The molecule has 1 rings (SSSR count). The van der Waals surface area contributed by atoms with Crippen LogP contribution < -0.4 is 10.6 Å². The SMILES string of the molecule is CCC(CNC)CNc1cccc(C(C)=O)c1. The Balaban J connectivity index is 2.56. The van der Waals surface area contributed by atoms with Crippen molar-refractivity contribution in [1.29, 1.82) is 0 Å². The minimum atomic E-state index is 0.107. The number of rotatable bonds is 7. The first kappa shape index (κ1) is 13.7. The average Bonchev–Trinajstić information content (AvgIpc) is 2.34. The zero-order valence-corrected chi connectivity index (χ0v) is 10.9. The van der Waals surface area contributed by atoms with Crippen LogP contribution in [0.2, 0.25) is 0 Å². The van der Waals surface area contributed by atoms with Gasteiger partial charge in [-0.1, -0.05) is 25.5 Å². The predicted molar refractivity (Wildman–Crippen MR) is 72.6 cm³/mol. The van der Waals surface area contributed by atoms with Crippen molar-refractivity contribution in [2.75, 3.05) is 25.5 Å². The van der Waals surface area contributed by atoms with Gasteiger partial charge in [-0.2, -0.15) is 0 Å². The van der Waals surface area contributed by atoms with Crippen molar-refractivity contribution in [1.82, 2.24) is 5.32 Å². The molecule has 0 aliphatic carbocycles. The fraction of sp³-hybridized carbons (Fsp3) is 0.500. The lowest BCUT2D eigenvalue weighted by Gasteiger charge is -2.16. The zero-order chi connectivity index (χ0) is 12.7. The lowest BCUT2D eigenvalue weighted by molar-refractivity contribution is 0.101. The Labute approximate surface area is 104 Å². The number of carbonyl (C=O) groups is 1. The van der Waals surface area contributed by atoms with E-state index in [9.17, 15) is 4.79 Å². The van der Waals surface area contributed by atoms with Crippen LogP contribution in [0.5, 0.6) is 0 Å². The maximum Gasteiger partial charge on any atom is 0.159 e. The van der Waals surface area contributed by atoms with Crippen molar-refractivity contribution < 1.29 is 4.79 Å². The van der Waals surface area contributed by atoms with Gasteiger partial charge in [0.2, 0.25) is 0 Å². The molecule has 0 saturated carbocycles. The Morgan fingerprint density at radius 3 is 2.71 bits per heavy atom. The normalized spacial score (nSPS) is 12.2. The van der Waals surface area contributed by atoms with Gasteiger partial charge in [-0.25, -0.2) is 0 Å². The van der Waals surface area contributed by atoms with Crippen LogP contribution in [0.3, 0.4) is 0 Å². The van der Waals surface area contributed by atoms with E-state index in [-0.39, 0.29) is 5.78 Å². The van der Waals surface area contributed by atoms with E-state index in [0.29, 0.717) is 5.92 Å². The molecule has 0 amide bonds. The monoisotopic (exact) mass is 234 g/mol. The molecule has 0 saturated heterocycles. The highest BCUT2D eigenvalue weighted by Gasteiger charge is 2.05. The van der Waals surface area contributed by atoms with Crippen molar-refractivity contribution in [2.45, 2.75) is 20.3 Å². The van der Waals surface area contributed by atoms with Crippen molar-refractivity contribution in [2.24, 2.45) is 5.92 Å². The Kier molecular flexibility index (Phi) is 5.70. The van der Waals surface area contributed by atoms with Gasteiger partial charge in [-0.15, -0.1) is 0 Å². The van der Waals surface area contributed by atoms with Gasteiger partial charge in [0.15, 0.2) is 5.78 Å². The molecule has 0 spiro atoms. The van der Waals surface area contributed by atoms with Crippen LogP contribution in [-0.2, 0) is 0 Å². The van der Waals surface area contributed by atoms with Crippen molar-refractivity contribution in [3.8, 4) is 0 Å². The van der Waals surface area contributed by atoms with Crippen LogP contribution >= 0.6 is 0 Å². The van der Waals surface area contributed by atoms with E-state index in [1.807, 2.05) is 31.3 Å². The Morgan fingerprint density at radius 1 is 1.35 bits per heavy atom. The summed E-state index contributed by atoms with van der Waals surface area (Å²) in [7, 11) is 1.97. The highest BCUT2D eigenvalue weighted by molar-refractivity contribution is 5.94. The van der Waals surface area contributed by atoms with E-state index in [1.54, 1.807) is 6.92 Å². The number of ketones is 1. The molecule has 0 bridgehead atoms. The van der Waals surface area contributed by atoms with E-state index in [4.69, 9.17) is 0 Å². The molecule has 0 aliphatic rings. The number of hydrogen-bond donors (Lipinski definition) is 2. The first-order valence-corrected chi connectivity index (χ1v) is 6.16. The third kappa shape index (κ3) is 4.57. The van der Waals surface area contributed by atoms with Crippen molar-refractivity contribution in [3.05, 3.63) is 29.8 Å². The highest BCUT2D eigenvalue weighted by Crippen LogP contribution is 2.12. The minimum Gasteiger partial charge on any atom is -0.385 e. The largest absolute Gasteiger partial charge is 0.385 e. The van der Waals surface area contributed by atoms with Crippen LogP contribution in [0.15, 0.2) is 24.3 Å². The lowest BCUT2D eigenvalue weighted by Crippen LogP contribution is -2.24. The second-order valence-corrected chi connectivity index (χ2v) is 4.35. The molecule has 3 heteroatoms. The highest BCUT2D eigenvalue weighted by atomic mass is 16.1. The number of anilines is 1. The molecule has 3 nitrogen and oxygen atoms in total. The summed E-state index contributed by atoms with van der Waals surface area (Å²) in [5.74, 6) is 0.719. The molecule has 0 aromatic heterocycles. The number of nitrogens with one attached hydrogen (secondary N) is 2. The zero-order valence-electron chi connectivity index (χ0n) is 10.9. The van der Waals surface area contributed by atoms with Gasteiger partial charge in [0, 0.05) is 17.8 Å². The molecule has 0 radical (unpaired) electrons. The molecule has 1 aromatic carbocycles. The van der Waals surface area contributed by atoms with Gasteiger partial charge in [-0.05, 0) is 38.6 Å². The topological polar surface area (TPSA) is 41.1 Å². The summed E-state index contributed by atoms with van der Waals surface area (Å²) in [6, 6.07) is 7.67. The summed E-state index contributed by atoms with van der Waals surface area (Å²) in [5.41, 5.74) is 1.78. The van der Waals surface area contributed by atoms with Crippen LogP contribution in [0.25, 0.3) is 0 Å². The Morgan fingerprint density at radius 2 is 2.12 bits per heavy atom. The summed E-state index contributed by atoms with van der Waals surface area (Å²) in [6.45, 7) is 5.72. The standard InChI is InChI=1S/C14H22N2O/c1-4-12(9-15-3)10-16-14-7-5-6-13(8-14)11(2)17/h5-8,12,15-16H,4,9-10H2,1-3H3. The first-order valence-electron chi connectivity index (χ1n) is 6.16. The summed E-state index contributed by atoms with van der Waals surface area (Å²) in [4.78, 5) is 11.3. The predicted octanol–water partition coefficient (Wildman–Crippen LogP) is 2.55. The summed E-state index contributed by atoms with van der Waals surface area (Å²) >= 11 is 0. The quantitative estimate of drug-likeness (QED) is 0.712. The van der Waals surface area contributed by atoms with E-state index in [2.05, 4.69) is 17.6 Å². The van der Waals surface area contributed by atoms with E-state index in [0.717, 1.165) is 30.8 Å². The third-order valence-corrected chi connectivity index (χ3v) is 2.93. The first-order chi connectivity index (χ1) is 8.17. The molecular formula is C14H22N2O. The van der Waals surface area contributed by atoms with Gasteiger partial charge in [0.25, 0.3) is 0 Å². The number of benzene rings is 1. The fourth-order valence-corrected chi connectivity index (χ4v) is 1.76. The molecule has 0 aliphatic heterocycles. The smallest absolute Gasteiger partial charge is 0.159 e.